The van der Waals surface area contributed by atoms with Crippen molar-refractivity contribution in [2.75, 3.05) is 13.2 Å². The molecule has 2 rings (SSSR count). The van der Waals surface area contributed by atoms with E-state index in [4.69, 9.17) is 9.47 Å². The molecule has 0 aliphatic rings. The van der Waals surface area contributed by atoms with E-state index in [9.17, 15) is 0 Å². The summed E-state index contributed by atoms with van der Waals surface area (Å²) in [5.74, 6) is 1.97. The molecule has 1 atom stereocenters. The molecule has 150 valence electrons. The highest BCUT2D eigenvalue weighted by molar-refractivity contribution is 9.09. The zero-order valence-corrected chi connectivity index (χ0v) is 18.8. The Hall–Kier alpha value is -1.22. The number of hydrogen-bond donors (Lipinski definition) is 0. The molecule has 3 heteroatoms. The lowest BCUT2D eigenvalue weighted by molar-refractivity contribution is 0.303. The van der Waals surface area contributed by atoms with E-state index in [0.717, 1.165) is 37.6 Å². The molecule has 0 amide bonds. The van der Waals surface area contributed by atoms with Crippen molar-refractivity contribution in [3.8, 4) is 11.5 Å². The highest BCUT2D eigenvalue weighted by Gasteiger charge is 2.07. The normalized spacial score (nSPS) is 12.3. The van der Waals surface area contributed by atoms with Crippen molar-refractivity contribution < 1.29 is 9.47 Å². The van der Waals surface area contributed by atoms with Crippen molar-refractivity contribution in [3.63, 3.8) is 0 Å². The summed E-state index contributed by atoms with van der Waals surface area (Å²) >= 11 is 3.69. The summed E-state index contributed by atoms with van der Waals surface area (Å²) in [6.45, 7) is 8.19. The number of unbranched alkanes of at least 4 members (excludes halogenated alkanes) is 4. The average Bonchev–Trinajstić information content (AvgIpc) is 2.69. The number of aryl methyl sites for hydroxylation is 1. The van der Waals surface area contributed by atoms with Crippen LogP contribution in [0.4, 0.5) is 0 Å². The van der Waals surface area contributed by atoms with Crippen molar-refractivity contribution in [2.45, 2.75) is 77.0 Å². The Bertz CT molecular complexity index is 683. The Morgan fingerprint density at radius 3 is 2.44 bits per heavy atom. The molecule has 0 aliphatic heterocycles. The third-order valence-corrected chi connectivity index (χ3v) is 6.20. The van der Waals surface area contributed by atoms with Crippen LogP contribution in [-0.4, -0.2) is 18.0 Å². The maximum atomic E-state index is 6.05. The first-order valence-electron chi connectivity index (χ1n) is 10.6. The third kappa shape index (κ3) is 7.37. The van der Waals surface area contributed by atoms with Crippen molar-refractivity contribution in [3.05, 3.63) is 35.9 Å². The summed E-state index contributed by atoms with van der Waals surface area (Å²) in [5.41, 5.74) is 1.22. The minimum Gasteiger partial charge on any atom is -0.494 e. The molecule has 0 spiro atoms. The van der Waals surface area contributed by atoms with E-state index in [1.807, 2.05) is 0 Å². The maximum absolute atomic E-state index is 6.05. The second kappa shape index (κ2) is 12.3. The molecule has 0 aliphatic carbocycles. The molecule has 0 radical (unpaired) electrons. The second-order valence-corrected chi connectivity index (χ2v) is 8.63. The lowest BCUT2D eigenvalue weighted by Crippen LogP contribution is -2.01. The zero-order valence-electron chi connectivity index (χ0n) is 17.2. The summed E-state index contributed by atoms with van der Waals surface area (Å²) in [6, 6.07) is 10.6. The van der Waals surface area contributed by atoms with Gasteiger partial charge in [-0.25, -0.2) is 0 Å². The van der Waals surface area contributed by atoms with Crippen LogP contribution in [-0.2, 0) is 0 Å². The highest BCUT2D eigenvalue weighted by Crippen LogP contribution is 2.30. The maximum Gasteiger partial charge on any atom is 0.122 e. The predicted octanol–water partition coefficient (Wildman–Crippen LogP) is 7.83. The first-order chi connectivity index (χ1) is 13.2. The molecular weight excluding hydrogens is 400 g/mol. The molecule has 0 saturated heterocycles. The van der Waals surface area contributed by atoms with Crippen molar-refractivity contribution in [1.82, 2.24) is 0 Å². The van der Waals surface area contributed by atoms with Gasteiger partial charge in [0.05, 0.1) is 13.2 Å². The predicted molar refractivity (Wildman–Crippen MR) is 121 cm³/mol. The molecule has 0 bridgehead atoms. The Labute approximate surface area is 173 Å². The van der Waals surface area contributed by atoms with E-state index >= 15 is 0 Å². The van der Waals surface area contributed by atoms with Crippen LogP contribution in [0.5, 0.6) is 11.5 Å². The molecule has 2 aromatic rings. The van der Waals surface area contributed by atoms with Crippen LogP contribution in [0.1, 0.15) is 70.8 Å². The number of halogens is 1. The Morgan fingerprint density at radius 1 is 0.889 bits per heavy atom. The second-order valence-electron chi connectivity index (χ2n) is 7.33. The molecule has 1 unspecified atom stereocenters. The minimum atomic E-state index is 0.642. The summed E-state index contributed by atoms with van der Waals surface area (Å²) < 4.78 is 12.0. The summed E-state index contributed by atoms with van der Waals surface area (Å²) in [5, 5.41) is 2.47. The van der Waals surface area contributed by atoms with Crippen LogP contribution in [0.25, 0.3) is 10.8 Å². The standard InChI is InChI=1S/C24H35BrO2/c1-4-6-7-9-16-26-22-13-14-23-19(3)24(15-12-20(23)18-22)27-17-10-8-11-21(25)5-2/h12-15,18,21H,4-11,16-17H2,1-3H3. The average molecular weight is 435 g/mol. The van der Waals surface area contributed by atoms with Crippen LogP contribution in [0.2, 0.25) is 0 Å². The molecule has 2 aromatic carbocycles. The molecule has 27 heavy (non-hydrogen) atoms. The van der Waals surface area contributed by atoms with Crippen molar-refractivity contribution in [2.24, 2.45) is 0 Å². The summed E-state index contributed by atoms with van der Waals surface area (Å²) in [4.78, 5) is 0.642. The number of hydrogen-bond acceptors (Lipinski definition) is 2. The van der Waals surface area contributed by atoms with Gasteiger partial charge in [-0.2, -0.15) is 0 Å². The van der Waals surface area contributed by atoms with Gasteiger partial charge >= 0.3 is 0 Å². The third-order valence-electron chi connectivity index (χ3n) is 5.09. The van der Waals surface area contributed by atoms with Crippen LogP contribution < -0.4 is 9.47 Å². The van der Waals surface area contributed by atoms with E-state index in [2.05, 4.69) is 67.0 Å². The van der Waals surface area contributed by atoms with Gasteiger partial charge in [0, 0.05) is 4.83 Å². The lowest BCUT2D eigenvalue weighted by atomic mass is 10.0. The molecule has 0 aromatic heterocycles. The van der Waals surface area contributed by atoms with E-state index < -0.39 is 0 Å². The Morgan fingerprint density at radius 2 is 1.67 bits per heavy atom. The smallest absolute Gasteiger partial charge is 0.122 e. The Balaban J connectivity index is 1.87. The van der Waals surface area contributed by atoms with Gasteiger partial charge < -0.3 is 9.47 Å². The molecule has 0 heterocycles. The SMILES string of the molecule is CCCCCCOc1ccc2c(C)c(OCCCCC(Br)CC)ccc2c1. The fourth-order valence-electron chi connectivity index (χ4n) is 3.26. The number of rotatable bonds is 13. The lowest BCUT2D eigenvalue weighted by Gasteiger charge is -2.13. The fraction of sp³-hybridized carbons (Fsp3) is 0.583. The zero-order chi connectivity index (χ0) is 19.5. The van der Waals surface area contributed by atoms with Crippen LogP contribution in [0, 0.1) is 6.92 Å². The van der Waals surface area contributed by atoms with Crippen molar-refractivity contribution in [1.29, 1.82) is 0 Å². The Kier molecular flexibility index (Phi) is 10.0. The molecule has 2 nitrogen and oxygen atoms in total. The van der Waals surface area contributed by atoms with E-state index in [0.29, 0.717) is 4.83 Å². The van der Waals surface area contributed by atoms with Gasteiger partial charge in [0.15, 0.2) is 0 Å². The molecule has 0 fully saturated rings. The van der Waals surface area contributed by atoms with Gasteiger partial charge in [0.25, 0.3) is 0 Å². The van der Waals surface area contributed by atoms with E-state index in [1.54, 1.807) is 0 Å². The van der Waals surface area contributed by atoms with Gasteiger partial charge in [0.1, 0.15) is 11.5 Å². The molecular formula is C24H35BrO2. The van der Waals surface area contributed by atoms with Crippen LogP contribution in [0.3, 0.4) is 0 Å². The minimum absolute atomic E-state index is 0.642. The topological polar surface area (TPSA) is 18.5 Å². The quantitative estimate of drug-likeness (QED) is 0.236. The fourth-order valence-corrected chi connectivity index (χ4v) is 3.59. The summed E-state index contributed by atoms with van der Waals surface area (Å²) in [6.07, 6.45) is 9.64. The van der Waals surface area contributed by atoms with Gasteiger partial charge in [-0.1, -0.05) is 61.2 Å². The van der Waals surface area contributed by atoms with Gasteiger partial charge in [-0.05, 0) is 73.6 Å². The monoisotopic (exact) mass is 434 g/mol. The van der Waals surface area contributed by atoms with Gasteiger partial charge in [0.2, 0.25) is 0 Å². The summed E-state index contributed by atoms with van der Waals surface area (Å²) in [7, 11) is 0. The first kappa shape index (κ1) is 22.1. The largest absolute Gasteiger partial charge is 0.494 e. The number of ether oxygens (including phenoxy) is 2. The van der Waals surface area contributed by atoms with Gasteiger partial charge in [-0.3, -0.25) is 0 Å². The van der Waals surface area contributed by atoms with Crippen molar-refractivity contribution >= 4 is 26.7 Å². The number of benzene rings is 2. The number of alkyl halides is 1. The van der Waals surface area contributed by atoms with Crippen LogP contribution in [0.15, 0.2) is 30.3 Å². The molecule has 0 N–H and O–H groups in total. The highest BCUT2D eigenvalue weighted by atomic mass is 79.9. The number of fused-ring (bicyclic) bond motifs is 1. The van der Waals surface area contributed by atoms with Crippen LogP contribution >= 0.6 is 15.9 Å². The van der Waals surface area contributed by atoms with E-state index in [-0.39, 0.29) is 0 Å². The van der Waals surface area contributed by atoms with E-state index in [1.165, 1.54) is 54.9 Å². The molecule has 0 saturated carbocycles. The van der Waals surface area contributed by atoms with Gasteiger partial charge in [-0.15, -0.1) is 0 Å². The first-order valence-corrected chi connectivity index (χ1v) is 11.5.